The van der Waals surface area contributed by atoms with Crippen LogP contribution in [0.25, 0.3) is 0 Å². The molecule has 1 saturated carbocycles. The van der Waals surface area contributed by atoms with Gasteiger partial charge in [0.1, 0.15) is 0 Å². The van der Waals surface area contributed by atoms with Gasteiger partial charge in [-0.25, -0.2) is 0 Å². The molecule has 2 nitrogen and oxygen atoms in total. The molecule has 4 heteroatoms. The van der Waals surface area contributed by atoms with Crippen molar-refractivity contribution in [3.8, 4) is 0 Å². The third-order valence-corrected chi connectivity index (χ3v) is 5.78. The van der Waals surface area contributed by atoms with Crippen molar-refractivity contribution in [2.75, 3.05) is 6.54 Å². The summed E-state index contributed by atoms with van der Waals surface area (Å²) in [4.78, 5) is 0. The van der Waals surface area contributed by atoms with Gasteiger partial charge in [0.25, 0.3) is 0 Å². The Kier molecular flexibility index (Phi) is 5.96. The van der Waals surface area contributed by atoms with Crippen molar-refractivity contribution < 1.29 is 5.11 Å². The van der Waals surface area contributed by atoms with Crippen LogP contribution in [0.5, 0.6) is 0 Å². The number of hydrogen-bond acceptors (Lipinski definition) is 2. The Labute approximate surface area is 137 Å². The second kappa shape index (κ2) is 7.32. The predicted molar refractivity (Wildman–Crippen MR) is 89.8 cm³/mol. The Morgan fingerprint density at radius 2 is 1.95 bits per heavy atom. The SMILES string of the molecule is CCCC1CCC(CN)(C(O)c2ccc(Cl)c(Cl)c2)CC1. The van der Waals surface area contributed by atoms with Crippen LogP contribution in [0.15, 0.2) is 18.2 Å². The fourth-order valence-electron chi connectivity index (χ4n) is 3.57. The van der Waals surface area contributed by atoms with E-state index >= 15 is 0 Å². The van der Waals surface area contributed by atoms with Crippen LogP contribution in [0.2, 0.25) is 10.0 Å². The Balaban J connectivity index is 2.15. The molecule has 1 fully saturated rings. The maximum Gasteiger partial charge on any atom is 0.0858 e. The molecule has 0 aliphatic heterocycles. The van der Waals surface area contributed by atoms with Crippen molar-refractivity contribution >= 4 is 23.2 Å². The zero-order valence-electron chi connectivity index (χ0n) is 12.6. The zero-order valence-corrected chi connectivity index (χ0v) is 14.1. The smallest absolute Gasteiger partial charge is 0.0858 e. The summed E-state index contributed by atoms with van der Waals surface area (Å²) in [7, 11) is 0. The molecule has 0 saturated heterocycles. The first-order valence-corrected chi connectivity index (χ1v) is 8.61. The molecule has 1 aliphatic carbocycles. The first-order chi connectivity index (χ1) is 10.0. The monoisotopic (exact) mass is 329 g/mol. The number of hydrogen-bond donors (Lipinski definition) is 2. The van der Waals surface area contributed by atoms with E-state index in [1.54, 1.807) is 12.1 Å². The van der Waals surface area contributed by atoms with Crippen molar-refractivity contribution in [3.63, 3.8) is 0 Å². The van der Waals surface area contributed by atoms with Gasteiger partial charge in [-0.05, 0) is 49.3 Å². The van der Waals surface area contributed by atoms with Crippen molar-refractivity contribution in [1.29, 1.82) is 0 Å². The fraction of sp³-hybridized carbons (Fsp3) is 0.647. The third kappa shape index (κ3) is 3.73. The zero-order chi connectivity index (χ0) is 15.5. The lowest BCUT2D eigenvalue weighted by molar-refractivity contribution is -0.0108. The number of halogens is 2. The number of aliphatic hydroxyl groups is 1. The standard InChI is InChI=1S/C17H25Cl2NO/c1-2-3-12-6-8-17(11-20,9-7-12)16(21)13-4-5-14(18)15(19)10-13/h4-5,10,12,16,21H,2-3,6-9,11,20H2,1H3. The summed E-state index contributed by atoms with van der Waals surface area (Å²) >= 11 is 12.0. The Bertz CT molecular complexity index is 470. The largest absolute Gasteiger partial charge is 0.388 e. The highest BCUT2D eigenvalue weighted by Gasteiger charge is 2.40. The Morgan fingerprint density at radius 3 is 2.48 bits per heavy atom. The summed E-state index contributed by atoms with van der Waals surface area (Å²) in [5, 5.41) is 11.8. The highest BCUT2D eigenvalue weighted by Crippen LogP contribution is 2.48. The van der Waals surface area contributed by atoms with E-state index in [1.165, 1.54) is 12.8 Å². The van der Waals surface area contributed by atoms with Crippen LogP contribution in [-0.4, -0.2) is 11.7 Å². The summed E-state index contributed by atoms with van der Waals surface area (Å²) in [5.74, 6) is 0.788. The molecule has 0 spiro atoms. The van der Waals surface area contributed by atoms with Gasteiger partial charge in [-0.1, -0.05) is 49.0 Å². The van der Waals surface area contributed by atoms with Crippen LogP contribution in [0, 0.1) is 11.3 Å². The maximum absolute atomic E-state index is 10.8. The van der Waals surface area contributed by atoms with Gasteiger partial charge in [0.05, 0.1) is 16.1 Å². The topological polar surface area (TPSA) is 46.2 Å². The average molecular weight is 330 g/mol. The first-order valence-electron chi connectivity index (χ1n) is 7.85. The molecule has 0 heterocycles. The summed E-state index contributed by atoms with van der Waals surface area (Å²) in [6, 6.07) is 5.37. The van der Waals surface area contributed by atoms with E-state index in [0.29, 0.717) is 16.6 Å². The number of rotatable bonds is 5. The van der Waals surface area contributed by atoms with Gasteiger partial charge < -0.3 is 10.8 Å². The molecule has 0 radical (unpaired) electrons. The summed E-state index contributed by atoms with van der Waals surface area (Å²) in [6.07, 6.45) is 6.22. The average Bonchev–Trinajstić information content (AvgIpc) is 2.51. The third-order valence-electron chi connectivity index (χ3n) is 5.04. The van der Waals surface area contributed by atoms with Crippen molar-refractivity contribution in [2.45, 2.75) is 51.6 Å². The van der Waals surface area contributed by atoms with Crippen LogP contribution in [-0.2, 0) is 0 Å². The molecule has 0 amide bonds. The van der Waals surface area contributed by atoms with Crippen molar-refractivity contribution in [2.24, 2.45) is 17.1 Å². The van der Waals surface area contributed by atoms with Gasteiger partial charge in [-0.3, -0.25) is 0 Å². The van der Waals surface area contributed by atoms with Gasteiger partial charge in [0.15, 0.2) is 0 Å². The van der Waals surface area contributed by atoms with Crippen molar-refractivity contribution in [3.05, 3.63) is 33.8 Å². The van der Waals surface area contributed by atoms with Crippen LogP contribution < -0.4 is 5.73 Å². The molecule has 1 unspecified atom stereocenters. The van der Waals surface area contributed by atoms with E-state index in [-0.39, 0.29) is 5.41 Å². The molecule has 1 aromatic carbocycles. The Hall–Kier alpha value is -0.280. The first kappa shape index (κ1) is 17.1. The maximum atomic E-state index is 10.8. The van der Waals surface area contributed by atoms with Crippen LogP contribution >= 0.6 is 23.2 Å². The molecular formula is C17H25Cl2NO. The summed E-state index contributed by atoms with van der Waals surface area (Å²) < 4.78 is 0. The lowest BCUT2D eigenvalue weighted by Gasteiger charge is -2.43. The van der Waals surface area contributed by atoms with Gasteiger partial charge in [0, 0.05) is 12.0 Å². The molecule has 0 aromatic heterocycles. The quantitative estimate of drug-likeness (QED) is 0.801. The van der Waals surface area contributed by atoms with Crippen LogP contribution in [0.1, 0.15) is 57.1 Å². The molecule has 0 bridgehead atoms. The molecule has 3 N–H and O–H groups in total. The van der Waals surface area contributed by atoms with Crippen LogP contribution in [0.3, 0.4) is 0 Å². The minimum atomic E-state index is -0.570. The molecule has 21 heavy (non-hydrogen) atoms. The van der Waals surface area contributed by atoms with E-state index in [4.69, 9.17) is 28.9 Å². The highest BCUT2D eigenvalue weighted by atomic mass is 35.5. The molecular weight excluding hydrogens is 305 g/mol. The second-order valence-electron chi connectivity index (χ2n) is 6.37. The molecule has 2 rings (SSSR count). The van der Waals surface area contributed by atoms with E-state index in [2.05, 4.69) is 6.92 Å². The van der Waals surface area contributed by atoms with Gasteiger partial charge >= 0.3 is 0 Å². The Morgan fingerprint density at radius 1 is 1.29 bits per heavy atom. The minimum Gasteiger partial charge on any atom is -0.388 e. The lowest BCUT2D eigenvalue weighted by atomic mass is 9.65. The lowest BCUT2D eigenvalue weighted by Crippen LogP contribution is -2.40. The van der Waals surface area contributed by atoms with E-state index in [9.17, 15) is 5.11 Å². The number of benzene rings is 1. The number of aliphatic hydroxyl groups excluding tert-OH is 1. The minimum absolute atomic E-state index is 0.221. The normalized spacial score (nSPS) is 27.6. The summed E-state index contributed by atoms with van der Waals surface area (Å²) in [6.45, 7) is 2.74. The molecule has 118 valence electrons. The van der Waals surface area contributed by atoms with E-state index < -0.39 is 6.10 Å². The number of nitrogens with two attached hydrogens (primary N) is 1. The van der Waals surface area contributed by atoms with Crippen molar-refractivity contribution in [1.82, 2.24) is 0 Å². The second-order valence-corrected chi connectivity index (χ2v) is 7.19. The highest BCUT2D eigenvalue weighted by molar-refractivity contribution is 6.42. The summed E-state index contributed by atoms with van der Waals surface area (Å²) in [5.41, 5.74) is 6.65. The van der Waals surface area contributed by atoms with Gasteiger partial charge in [0.2, 0.25) is 0 Å². The van der Waals surface area contributed by atoms with E-state index in [0.717, 1.165) is 37.2 Å². The van der Waals surface area contributed by atoms with Gasteiger partial charge in [-0.15, -0.1) is 0 Å². The molecule has 1 aliphatic rings. The van der Waals surface area contributed by atoms with E-state index in [1.807, 2.05) is 6.07 Å². The van der Waals surface area contributed by atoms with Crippen LogP contribution in [0.4, 0.5) is 0 Å². The predicted octanol–water partition coefficient (Wildman–Crippen LogP) is 4.96. The fourth-order valence-corrected chi connectivity index (χ4v) is 3.88. The molecule has 1 atom stereocenters. The van der Waals surface area contributed by atoms with Gasteiger partial charge in [-0.2, -0.15) is 0 Å². The molecule has 1 aromatic rings.